The van der Waals surface area contributed by atoms with E-state index in [0.717, 1.165) is 29.5 Å². The van der Waals surface area contributed by atoms with E-state index in [0.29, 0.717) is 11.1 Å². The second kappa shape index (κ2) is 5.62. The average molecular weight is 322 g/mol. The van der Waals surface area contributed by atoms with Gasteiger partial charge in [-0.05, 0) is 51.3 Å². The number of imide groups is 1. The number of benzene rings is 2. The molecule has 1 fully saturated rings. The van der Waals surface area contributed by atoms with Crippen molar-refractivity contribution in [3.8, 4) is 0 Å². The zero-order valence-electron chi connectivity index (χ0n) is 14.2. The molecule has 4 rings (SSSR count). The lowest BCUT2D eigenvalue weighted by Gasteiger charge is -2.33. The average Bonchev–Trinajstić information content (AvgIpc) is 2.59. The van der Waals surface area contributed by atoms with Crippen LogP contribution in [0.4, 0.5) is 5.69 Å². The Kier molecular flexibility index (Phi) is 3.56. The van der Waals surface area contributed by atoms with Gasteiger partial charge in [0.2, 0.25) is 0 Å². The van der Waals surface area contributed by atoms with Crippen LogP contribution < -0.4 is 4.90 Å². The highest BCUT2D eigenvalue weighted by Gasteiger charge is 2.35. The predicted molar refractivity (Wildman–Crippen MR) is 95.6 cm³/mol. The Balaban J connectivity index is 1.94. The molecule has 0 radical (unpaired) electrons. The maximum absolute atomic E-state index is 12.8. The number of carbonyl (C=O) groups excluding carboxylic acids is 2. The molecule has 24 heavy (non-hydrogen) atoms. The minimum absolute atomic E-state index is 0.143. The molecule has 0 aliphatic carbocycles. The molecule has 2 aromatic carbocycles. The highest BCUT2D eigenvalue weighted by atomic mass is 16.2. The van der Waals surface area contributed by atoms with Gasteiger partial charge in [0, 0.05) is 46.7 Å². The summed E-state index contributed by atoms with van der Waals surface area (Å²) in [6, 6.07) is 9.63. The Morgan fingerprint density at radius 1 is 0.875 bits per heavy atom. The summed E-state index contributed by atoms with van der Waals surface area (Å²) in [6.45, 7) is 5.84. The summed E-state index contributed by atoms with van der Waals surface area (Å²) in [5.74, 6) is -0.354. The van der Waals surface area contributed by atoms with Crippen molar-refractivity contribution < 1.29 is 9.59 Å². The largest absolute Gasteiger partial charge is 0.371 e. The molecule has 0 aromatic heterocycles. The van der Waals surface area contributed by atoms with Crippen molar-refractivity contribution in [1.29, 1.82) is 0 Å². The van der Waals surface area contributed by atoms with Crippen molar-refractivity contribution in [3.63, 3.8) is 0 Å². The van der Waals surface area contributed by atoms with Gasteiger partial charge in [0.15, 0.2) is 0 Å². The highest BCUT2D eigenvalue weighted by molar-refractivity contribution is 6.26. The summed E-state index contributed by atoms with van der Waals surface area (Å²) in [5, 5.41) is 1.85. The normalized spacial score (nSPS) is 18.0. The number of carbonyl (C=O) groups is 2. The molecule has 124 valence electrons. The van der Waals surface area contributed by atoms with Gasteiger partial charge in [-0.2, -0.15) is 0 Å². The quantitative estimate of drug-likeness (QED) is 0.789. The van der Waals surface area contributed by atoms with E-state index in [9.17, 15) is 9.59 Å². The molecule has 4 nitrogen and oxygen atoms in total. The standard InChI is InChI=1S/C20H22N2O2/c1-13(2)22-19(23)15-8-6-7-14-17(21-11-4-3-5-12-21)10-9-16(18(14)15)20(22)24/h6-10,13H,3-5,11-12H2,1-2H3. The van der Waals surface area contributed by atoms with E-state index in [1.165, 1.54) is 24.2 Å². The number of amides is 2. The Bertz CT molecular complexity index is 813. The van der Waals surface area contributed by atoms with Crippen molar-refractivity contribution in [2.24, 2.45) is 0 Å². The van der Waals surface area contributed by atoms with Crippen LogP contribution in [0.25, 0.3) is 10.8 Å². The molecule has 1 saturated heterocycles. The zero-order valence-corrected chi connectivity index (χ0v) is 14.2. The fourth-order valence-electron chi connectivity index (χ4n) is 3.98. The van der Waals surface area contributed by atoms with Crippen LogP contribution in [0.3, 0.4) is 0 Å². The van der Waals surface area contributed by atoms with Crippen molar-refractivity contribution >= 4 is 28.3 Å². The van der Waals surface area contributed by atoms with Crippen LogP contribution >= 0.6 is 0 Å². The van der Waals surface area contributed by atoms with Crippen LogP contribution in [0, 0.1) is 0 Å². The Hall–Kier alpha value is -2.36. The molecular weight excluding hydrogens is 300 g/mol. The van der Waals surface area contributed by atoms with E-state index in [4.69, 9.17) is 0 Å². The van der Waals surface area contributed by atoms with Crippen molar-refractivity contribution in [1.82, 2.24) is 4.90 Å². The summed E-state index contributed by atoms with van der Waals surface area (Å²) in [7, 11) is 0. The lowest BCUT2D eigenvalue weighted by Crippen LogP contribution is -2.44. The van der Waals surface area contributed by atoms with Crippen LogP contribution in [-0.2, 0) is 0 Å². The van der Waals surface area contributed by atoms with Gasteiger partial charge < -0.3 is 4.90 Å². The molecule has 0 saturated carbocycles. The molecule has 2 aliphatic heterocycles. The number of piperidine rings is 1. The third-order valence-corrected chi connectivity index (χ3v) is 5.13. The number of hydrogen-bond acceptors (Lipinski definition) is 3. The van der Waals surface area contributed by atoms with Crippen LogP contribution in [0.15, 0.2) is 30.3 Å². The smallest absolute Gasteiger partial charge is 0.261 e. The predicted octanol–water partition coefficient (Wildman–Crippen LogP) is 3.83. The maximum atomic E-state index is 12.8. The summed E-state index contributed by atoms with van der Waals surface area (Å²) >= 11 is 0. The minimum atomic E-state index is -0.177. The van der Waals surface area contributed by atoms with E-state index >= 15 is 0 Å². The molecule has 4 heteroatoms. The summed E-state index contributed by atoms with van der Waals surface area (Å²) in [4.78, 5) is 29.4. The fourth-order valence-corrected chi connectivity index (χ4v) is 3.98. The first-order valence-electron chi connectivity index (χ1n) is 8.78. The first kappa shape index (κ1) is 15.2. The third kappa shape index (κ3) is 2.13. The van der Waals surface area contributed by atoms with Gasteiger partial charge in [-0.15, -0.1) is 0 Å². The summed E-state index contributed by atoms with van der Waals surface area (Å²) in [5.41, 5.74) is 2.44. The van der Waals surface area contributed by atoms with Crippen molar-refractivity contribution in [2.45, 2.75) is 39.2 Å². The molecule has 0 N–H and O–H groups in total. The summed E-state index contributed by atoms with van der Waals surface area (Å²) in [6.07, 6.45) is 3.67. The van der Waals surface area contributed by atoms with E-state index in [1.54, 1.807) is 0 Å². The molecule has 2 heterocycles. The number of anilines is 1. The van der Waals surface area contributed by atoms with Gasteiger partial charge in [0.25, 0.3) is 11.8 Å². The zero-order chi connectivity index (χ0) is 16.8. The van der Waals surface area contributed by atoms with Gasteiger partial charge in [0.05, 0.1) is 0 Å². The lowest BCUT2D eigenvalue weighted by atomic mass is 9.91. The second-order valence-electron chi connectivity index (χ2n) is 6.98. The van der Waals surface area contributed by atoms with Crippen LogP contribution in [-0.4, -0.2) is 35.8 Å². The van der Waals surface area contributed by atoms with Crippen LogP contribution in [0.5, 0.6) is 0 Å². The Morgan fingerprint density at radius 2 is 1.54 bits per heavy atom. The first-order valence-corrected chi connectivity index (χ1v) is 8.78. The Morgan fingerprint density at radius 3 is 2.21 bits per heavy atom. The van der Waals surface area contributed by atoms with Crippen LogP contribution in [0.2, 0.25) is 0 Å². The van der Waals surface area contributed by atoms with Crippen molar-refractivity contribution in [3.05, 3.63) is 41.5 Å². The van der Waals surface area contributed by atoms with Crippen LogP contribution in [0.1, 0.15) is 53.8 Å². The summed E-state index contributed by atoms with van der Waals surface area (Å²) < 4.78 is 0. The fraction of sp³-hybridized carbons (Fsp3) is 0.400. The van der Waals surface area contributed by atoms with Crippen molar-refractivity contribution in [2.75, 3.05) is 18.0 Å². The van der Waals surface area contributed by atoms with Gasteiger partial charge >= 0.3 is 0 Å². The maximum Gasteiger partial charge on any atom is 0.261 e. The molecule has 0 spiro atoms. The van der Waals surface area contributed by atoms with E-state index in [2.05, 4.69) is 11.0 Å². The Labute approximate surface area is 142 Å². The lowest BCUT2D eigenvalue weighted by molar-refractivity contribution is 0.0564. The van der Waals surface area contributed by atoms with Gasteiger partial charge in [0.1, 0.15) is 0 Å². The van der Waals surface area contributed by atoms with Gasteiger partial charge in [-0.3, -0.25) is 14.5 Å². The second-order valence-corrected chi connectivity index (χ2v) is 6.98. The molecule has 2 aromatic rings. The molecule has 0 bridgehead atoms. The molecule has 0 unspecified atom stereocenters. The van der Waals surface area contributed by atoms with E-state index in [-0.39, 0.29) is 17.9 Å². The van der Waals surface area contributed by atoms with E-state index in [1.807, 2.05) is 38.1 Å². The van der Waals surface area contributed by atoms with Gasteiger partial charge in [-0.25, -0.2) is 0 Å². The SMILES string of the molecule is CC(C)N1C(=O)c2cccc3c(N4CCCCC4)ccc(c23)C1=O. The third-order valence-electron chi connectivity index (χ3n) is 5.13. The molecule has 0 atom stereocenters. The number of nitrogens with zero attached hydrogens (tertiary/aromatic N) is 2. The number of rotatable bonds is 2. The molecule has 2 amide bonds. The minimum Gasteiger partial charge on any atom is -0.371 e. The molecule has 2 aliphatic rings. The molecular formula is C20H22N2O2. The topological polar surface area (TPSA) is 40.6 Å². The van der Waals surface area contributed by atoms with E-state index < -0.39 is 0 Å². The number of hydrogen-bond donors (Lipinski definition) is 0. The monoisotopic (exact) mass is 322 g/mol. The van der Waals surface area contributed by atoms with Gasteiger partial charge in [-0.1, -0.05) is 12.1 Å². The highest BCUT2D eigenvalue weighted by Crippen LogP contribution is 2.37. The first-order chi connectivity index (χ1) is 11.6.